The van der Waals surface area contributed by atoms with Crippen LogP contribution in [-0.2, 0) is 6.54 Å². The Labute approximate surface area is 102 Å². The third-order valence-electron chi connectivity index (χ3n) is 2.98. The second-order valence-electron chi connectivity index (χ2n) is 4.41. The Morgan fingerprint density at radius 2 is 2.39 bits per heavy atom. The van der Waals surface area contributed by atoms with Crippen molar-refractivity contribution in [2.45, 2.75) is 32.2 Å². The standard InChI is InChI=1S/C11H12N4O3/c1-6-12-4-8(11(16)17)15(6)5-9-13-10(18-14-9)7-2-3-7/h4,7H,2-3,5H2,1H3,(H,16,17). The highest BCUT2D eigenvalue weighted by atomic mass is 16.5. The van der Waals surface area contributed by atoms with Crippen molar-refractivity contribution < 1.29 is 14.4 Å². The summed E-state index contributed by atoms with van der Waals surface area (Å²) in [5.41, 5.74) is 0.130. The summed E-state index contributed by atoms with van der Waals surface area (Å²) < 4.78 is 6.69. The fourth-order valence-electron chi connectivity index (χ4n) is 1.81. The molecule has 7 nitrogen and oxygen atoms in total. The average Bonchev–Trinajstić information content (AvgIpc) is 2.97. The Hall–Kier alpha value is -2.18. The van der Waals surface area contributed by atoms with Gasteiger partial charge in [-0.1, -0.05) is 5.16 Å². The van der Waals surface area contributed by atoms with Crippen molar-refractivity contribution in [2.24, 2.45) is 0 Å². The van der Waals surface area contributed by atoms with Crippen LogP contribution in [0.5, 0.6) is 0 Å². The Bertz CT molecular complexity index is 597. The second kappa shape index (κ2) is 3.94. The first-order valence-electron chi connectivity index (χ1n) is 5.73. The summed E-state index contributed by atoms with van der Waals surface area (Å²) in [5.74, 6) is 1.14. The molecule has 94 valence electrons. The lowest BCUT2D eigenvalue weighted by molar-refractivity contribution is 0.0685. The van der Waals surface area contributed by atoms with Gasteiger partial charge >= 0.3 is 5.97 Å². The molecule has 7 heteroatoms. The van der Waals surface area contributed by atoms with Crippen LogP contribution in [-0.4, -0.2) is 30.8 Å². The maximum Gasteiger partial charge on any atom is 0.354 e. The normalized spacial score (nSPS) is 14.9. The van der Waals surface area contributed by atoms with E-state index in [0.29, 0.717) is 23.5 Å². The Morgan fingerprint density at radius 1 is 1.61 bits per heavy atom. The van der Waals surface area contributed by atoms with Gasteiger partial charge in [-0.2, -0.15) is 4.98 Å². The van der Waals surface area contributed by atoms with E-state index >= 15 is 0 Å². The van der Waals surface area contributed by atoms with Crippen molar-refractivity contribution in [3.8, 4) is 0 Å². The molecule has 1 aliphatic rings. The van der Waals surface area contributed by atoms with E-state index in [0.717, 1.165) is 12.8 Å². The minimum Gasteiger partial charge on any atom is -0.477 e. The quantitative estimate of drug-likeness (QED) is 0.873. The molecule has 2 heterocycles. The van der Waals surface area contributed by atoms with E-state index in [9.17, 15) is 4.79 Å². The number of hydrogen-bond acceptors (Lipinski definition) is 5. The molecule has 0 radical (unpaired) electrons. The molecular weight excluding hydrogens is 236 g/mol. The Balaban J connectivity index is 1.86. The molecule has 18 heavy (non-hydrogen) atoms. The summed E-state index contributed by atoms with van der Waals surface area (Å²) >= 11 is 0. The number of carboxylic acids is 1. The van der Waals surface area contributed by atoms with E-state index in [-0.39, 0.29) is 12.2 Å². The summed E-state index contributed by atoms with van der Waals surface area (Å²) in [5, 5.41) is 12.9. The number of rotatable bonds is 4. The van der Waals surface area contributed by atoms with Crippen molar-refractivity contribution in [1.29, 1.82) is 0 Å². The lowest BCUT2D eigenvalue weighted by atomic mass is 10.4. The summed E-state index contributed by atoms with van der Waals surface area (Å²) in [7, 11) is 0. The first kappa shape index (κ1) is 10.9. The lowest BCUT2D eigenvalue weighted by Gasteiger charge is -2.03. The average molecular weight is 248 g/mol. The van der Waals surface area contributed by atoms with Gasteiger partial charge in [0.05, 0.1) is 12.7 Å². The van der Waals surface area contributed by atoms with Crippen LogP contribution < -0.4 is 0 Å². The maximum atomic E-state index is 11.0. The van der Waals surface area contributed by atoms with Crippen LogP contribution in [0.1, 0.15) is 46.8 Å². The van der Waals surface area contributed by atoms with E-state index in [4.69, 9.17) is 9.63 Å². The Kier molecular flexibility index (Phi) is 2.39. The van der Waals surface area contributed by atoms with Crippen molar-refractivity contribution in [2.75, 3.05) is 0 Å². The van der Waals surface area contributed by atoms with Gasteiger partial charge in [-0.3, -0.25) is 0 Å². The number of carboxylic acid groups (broad SMARTS) is 1. The van der Waals surface area contributed by atoms with Crippen molar-refractivity contribution in [1.82, 2.24) is 19.7 Å². The molecular formula is C11H12N4O3. The summed E-state index contributed by atoms with van der Waals surface area (Å²) in [6.45, 7) is 2.01. The second-order valence-corrected chi connectivity index (χ2v) is 4.41. The molecule has 3 rings (SSSR count). The highest BCUT2D eigenvalue weighted by Gasteiger charge is 2.29. The molecule has 2 aromatic rings. The molecule has 2 aromatic heterocycles. The van der Waals surface area contributed by atoms with Gasteiger partial charge in [0.2, 0.25) is 5.89 Å². The first-order chi connectivity index (χ1) is 8.65. The van der Waals surface area contributed by atoms with Gasteiger partial charge in [-0.15, -0.1) is 0 Å². The zero-order chi connectivity index (χ0) is 12.7. The van der Waals surface area contributed by atoms with Crippen LogP contribution in [0.15, 0.2) is 10.7 Å². The number of imidazole rings is 1. The number of aromatic nitrogens is 4. The minimum atomic E-state index is -1.01. The predicted octanol–water partition coefficient (Wildman–Crippen LogP) is 1.20. The highest BCUT2D eigenvalue weighted by Crippen LogP contribution is 2.38. The molecule has 0 spiro atoms. The largest absolute Gasteiger partial charge is 0.477 e. The monoisotopic (exact) mass is 248 g/mol. The van der Waals surface area contributed by atoms with Gasteiger partial charge in [0.15, 0.2) is 5.82 Å². The van der Waals surface area contributed by atoms with Gasteiger partial charge < -0.3 is 14.2 Å². The SMILES string of the molecule is Cc1ncc(C(=O)O)n1Cc1noc(C2CC2)n1. The smallest absolute Gasteiger partial charge is 0.354 e. The van der Waals surface area contributed by atoms with Crippen LogP contribution in [0.3, 0.4) is 0 Å². The molecule has 1 fully saturated rings. The number of hydrogen-bond donors (Lipinski definition) is 1. The van der Waals surface area contributed by atoms with Crippen LogP contribution in [0, 0.1) is 6.92 Å². The van der Waals surface area contributed by atoms with Gasteiger partial charge in [0.1, 0.15) is 11.5 Å². The molecule has 1 saturated carbocycles. The van der Waals surface area contributed by atoms with Crippen LogP contribution >= 0.6 is 0 Å². The van der Waals surface area contributed by atoms with Gasteiger partial charge in [0, 0.05) is 5.92 Å². The van der Waals surface area contributed by atoms with E-state index in [1.165, 1.54) is 6.20 Å². The topological polar surface area (TPSA) is 94.0 Å². The number of aromatic carboxylic acids is 1. The van der Waals surface area contributed by atoms with E-state index in [1.807, 2.05) is 0 Å². The van der Waals surface area contributed by atoms with E-state index < -0.39 is 5.97 Å². The summed E-state index contributed by atoms with van der Waals surface area (Å²) in [4.78, 5) is 19.3. The zero-order valence-corrected chi connectivity index (χ0v) is 9.83. The van der Waals surface area contributed by atoms with Crippen molar-refractivity contribution >= 4 is 5.97 Å². The van der Waals surface area contributed by atoms with E-state index in [1.54, 1.807) is 11.5 Å². The van der Waals surface area contributed by atoms with Crippen molar-refractivity contribution in [3.63, 3.8) is 0 Å². The third kappa shape index (κ3) is 1.87. The summed E-state index contributed by atoms with van der Waals surface area (Å²) in [6, 6.07) is 0. The molecule has 0 bridgehead atoms. The highest BCUT2D eigenvalue weighted by molar-refractivity contribution is 5.85. The van der Waals surface area contributed by atoms with Crippen LogP contribution in [0.4, 0.5) is 0 Å². The van der Waals surface area contributed by atoms with Crippen LogP contribution in [0.25, 0.3) is 0 Å². The van der Waals surface area contributed by atoms with Gasteiger partial charge in [-0.25, -0.2) is 9.78 Å². The first-order valence-corrected chi connectivity index (χ1v) is 5.73. The Morgan fingerprint density at radius 3 is 3.06 bits per heavy atom. The predicted molar refractivity (Wildman–Crippen MR) is 59.3 cm³/mol. The van der Waals surface area contributed by atoms with Gasteiger partial charge in [-0.05, 0) is 19.8 Å². The maximum absolute atomic E-state index is 11.0. The van der Waals surface area contributed by atoms with Crippen molar-refractivity contribution in [3.05, 3.63) is 29.4 Å². The molecule has 0 atom stereocenters. The summed E-state index contributed by atoms with van der Waals surface area (Å²) in [6.07, 6.45) is 3.51. The molecule has 0 aliphatic heterocycles. The lowest BCUT2D eigenvalue weighted by Crippen LogP contribution is -2.11. The minimum absolute atomic E-state index is 0.130. The van der Waals surface area contributed by atoms with Crippen LogP contribution in [0.2, 0.25) is 0 Å². The zero-order valence-electron chi connectivity index (χ0n) is 9.83. The fourth-order valence-corrected chi connectivity index (χ4v) is 1.81. The number of aryl methyl sites for hydroxylation is 1. The molecule has 1 N–H and O–H groups in total. The fraction of sp³-hybridized carbons (Fsp3) is 0.455. The molecule has 0 unspecified atom stereocenters. The van der Waals surface area contributed by atoms with E-state index in [2.05, 4.69) is 15.1 Å². The number of carbonyl (C=O) groups is 1. The number of nitrogens with zero attached hydrogens (tertiary/aromatic N) is 4. The van der Waals surface area contributed by atoms with Gasteiger partial charge in [0.25, 0.3) is 0 Å². The molecule has 0 aromatic carbocycles. The molecule has 0 saturated heterocycles. The molecule has 1 aliphatic carbocycles. The molecule has 0 amide bonds. The third-order valence-corrected chi connectivity index (χ3v) is 2.98.